The van der Waals surface area contributed by atoms with Crippen LogP contribution in [0.25, 0.3) is 0 Å². The number of carbonyl (C=O) groups excluding carboxylic acids is 1. The molecule has 0 saturated carbocycles. The molecule has 2 aromatic rings. The van der Waals surface area contributed by atoms with Crippen molar-refractivity contribution in [3.63, 3.8) is 0 Å². The summed E-state index contributed by atoms with van der Waals surface area (Å²) in [6.45, 7) is 6.69. The number of nitrogens with one attached hydrogen (secondary N) is 1. The van der Waals surface area contributed by atoms with Crippen LogP contribution < -0.4 is 19.4 Å². The summed E-state index contributed by atoms with van der Waals surface area (Å²) < 4.78 is 12.6. The predicted octanol–water partition coefficient (Wildman–Crippen LogP) is 2.20. The maximum atomic E-state index is 12.4. The van der Waals surface area contributed by atoms with Crippen LogP contribution in [0.15, 0.2) is 36.5 Å². The second kappa shape index (κ2) is 6.28. The number of benzene rings is 1. The minimum Gasteiger partial charge on any atom is -0.454 e. The molecule has 1 aliphatic heterocycles. The van der Waals surface area contributed by atoms with Gasteiger partial charge in [-0.3, -0.25) is 4.79 Å². The smallest absolute Gasteiger partial charge is 0.289 e. The lowest BCUT2D eigenvalue weighted by molar-refractivity contribution is -0.712. The average Bonchev–Trinajstić information content (AvgIpc) is 3.02. The number of aromatic nitrogens is 1. The van der Waals surface area contributed by atoms with E-state index in [9.17, 15) is 4.79 Å². The van der Waals surface area contributed by atoms with E-state index in [4.69, 9.17) is 9.47 Å². The first-order valence-corrected chi connectivity index (χ1v) is 7.70. The Balaban J connectivity index is 1.66. The van der Waals surface area contributed by atoms with Crippen molar-refractivity contribution in [2.45, 2.75) is 33.4 Å². The molecule has 1 aliphatic rings. The standard InChI is InChI=1S/C18H20N2O3/c1-12-5-4-8-20(13(12)2)14(3)18(21)19-10-15-6-7-16-17(9-15)23-11-22-16/h4-9,14H,10-11H2,1-3H3/p+1/t14-/m0/s1. The van der Waals surface area contributed by atoms with Gasteiger partial charge in [0.05, 0.1) is 0 Å². The number of fused-ring (bicyclic) bond motifs is 1. The van der Waals surface area contributed by atoms with Crippen LogP contribution in [0.1, 0.15) is 29.8 Å². The third-order valence-corrected chi connectivity index (χ3v) is 4.25. The number of amides is 1. The molecule has 0 unspecified atom stereocenters. The molecule has 120 valence electrons. The Labute approximate surface area is 135 Å². The van der Waals surface area contributed by atoms with Gasteiger partial charge in [-0.1, -0.05) is 6.07 Å². The zero-order chi connectivity index (χ0) is 16.4. The van der Waals surface area contributed by atoms with Crippen LogP contribution in [0.5, 0.6) is 11.5 Å². The second-order valence-corrected chi connectivity index (χ2v) is 5.77. The first-order valence-electron chi connectivity index (χ1n) is 7.70. The first kappa shape index (κ1) is 15.3. The van der Waals surface area contributed by atoms with E-state index in [1.165, 1.54) is 5.56 Å². The van der Waals surface area contributed by atoms with Gasteiger partial charge in [-0.25, -0.2) is 0 Å². The molecule has 0 spiro atoms. The highest BCUT2D eigenvalue weighted by Gasteiger charge is 2.24. The monoisotopic (exact) mass is 313 g/mol. The van der Waals surface area contributed by atoms with E-state index in [-0.39, 0.29) is 18.7 Å². The van der Waals surface area contributed by atoms with Crippen LogP contribution >= 0.6 is 0 Å². The lowest BCUT2D eigenvalue weighted by Gasteiger charge is -2.11. The Morgan fingerprint density at radius 1 is 1.26 bits per heavy atom. The summed E-state index contributed by atoms with van der Waals surface area (Å²) in [5, 5.41) is 2.98. The van der Waals surface area contributed by atoms with Crippen LogP contribution in [0.3, 0.4) is 0 Å². The first-order chi connectivity index (χ1) is 11.1. The zero-order valence-electron chi connectivity index (χ0n) is 13.6. The van der Waals surface area contributed by atoms with Crippen LogP contribution in [-0.4, -0.2) is 12.7 Å². The molecule has 3 rings (SSSR count). The van der Waals surface area contributed by atoms with Crippen LogP contribution in [0.4, 0.5) is 0 Å². The molecule has 1 aromatic carbocycles. The number of pyridine rings is 1. The largest absolute Gasteiger partial charge is 0.454 e. The lowest BCUT2D eigenvalue weighted by Crippen LogP contribution is -2.48. The van der Waals surface area contributed by atoms with Gasteiger partial charge in [0.25, 0.3) is 5.91 Å². The lowest BCUT2D eigenvalue weighted by atomic mass is 10.1. The molecule has 1 atom stereocenters. The number of nitrogens with zero attached hydrogens (tertiary/aromatic N) is 1. The SMILES string of the molecule is Cc1ccc[n+]([C@@H](C)C(=O)NCc2ccc3c(c2)OCO3)c1C. The number of ether oxygens (including phenoxy) is 2. The molecule has 5 heteroatoms. The Bertz CT molecular complexity index is 743. The van der Waals surface area contributed by atoms with Crippen molar-refractivity contribution in [3.05, 3.63) is 53.3 Å². The Hall–Kier alpha value is -2.56. The highest BCUT2D eigenvalue weighted by atomic mass is 16.7. The van der Waals surface area contributed by atoms with Gasteiger partial charge in [0.15, 0.2) is 23.4 Å². The zero-order valence-corrected chi connectivity index (χ0v) is 13.6. The minimum absolute atomic E-state index is 0.0126. The third kappa shape index (κ3) is 3.13. The van der Waals surface area contributed by atoms with E-state index in [0.29, 0.717) is 6.54 Å². The van der Waals surface area contributed by atoms with Crippen molar-refractivity contribution >= 4 is 5.91 Å². The summed E-state index contributed by atoms with van der Waals surface area (Å²) in [7, 11) is 0. The summed E-state index contributed by atoms with van der Waals surface area (Å²) in [6, 6.07) is 9.45. The maximum absolute atomic E-state index is 12.4. The van der Waals surface area contributed by atoms with Crippen molar-refractivity contribution in [3.8, 4) is 11.5 Å². The fourth-order valence-electron chi connectivity index (χ4n) is 2.65. The van der Waals surface area contributed by atoms with Crippen LogP contribution in [0.2, 0.25) is 0 Å². The van der Waals surface area contributed by atoms with E-state index in [1.54, 1.807) is 0 Å². The minimum atomic E-state index is -0.260. The maximum Gasteiger partial charge on any atom is 0.289 e. The number of rotatable bonds is 4. The normalized spacial score (nSPS) is 13.7. The van der Waals surface area contributed by atoms with Gasteiger partial charge in [0.1, 0.15) is 0 Å². The van der Waals surface area contributed by atoms with Gasteiger partial charge in [0.2, 0.25) is 12.8 Å². The number of carbonyl (C=O) groups is 1. The van der Waals surface area contributed by atoms with Gasteiger partial charge >= 0.3 is 0 Å². The van der Waals surface area contributed by atoms with Crippen molar-refractivity contribution in [1.29, 1.82) is 0 Å². The fraction of sp³-hybridized carbons (Fsp3) is 0.333. The number of aryl methyl sites for hydroxylation is 1. The van der Waals surface area contributed by atoms with Gasteiger partial charge in [-0.05, 0) is 30.7 Å². The molecular weight excluding hydrogens is 292 g/mol. The Morgan fingerprint density at radius 2 is 2.04 bits per heavy atom. The molecule has 5 nitrogen and oxygen atoms in total. The van der Waals surface area contributed by atoms with Crippen molar-refractivity contribution < 1.29 is 18.8 Å². The van der Waals surface area contributed by atoms with Crippen molar-refractivity contribution in [1.82, 2.24) is 5.32 Å². The molecule has 2 heterocycles. The average molecular weight is 313 g/mol. The van der Waals surface area contributed by atoms with Gasteiger partial charge in [-0.2, -0.15) is 4.57 Å². The van der Waals surface area contributed by atoms with E-state index in [0.717, 1.165) is 22.8 Å². The van der Waals surface area contributed by atoms with Crippen LogP contribution in [0, 0.1) is 13.8 Å². The second-order valence-electron chi connectivity index (χ2n) is 5.77. The number of hydrogen-bond acceptors (Lipinski definition) is 3. The molecule has 0 fully saturated rings. The predicted molar refractivity (Wildman–Crippen MR) is 85.2 cm³/mol. The summed E-state index contributed by atoms with van der Waals surface area (Å²) in [6.07, 6.45) is 1.94. The molecule has 1 amide bonds. The molecule has 0 aliphatic carbocycles. The fourth-order valence-corrected chi connectivity index (χ4v) is 2.65. The van der Waals surface area contributed by atoms with Gasteiger partial charge in [-0.15, -0.1) is 0 Å². The van der Waals surface area contributed by atoms with Gasteiger partial charge in [0, 0.05) is 32.0 Å². The summed E-state index contributed by atoms with van der Waals surface area (Å²) in [4.78, 5) is 12.4. The van der Waals surface area contributed by atoms with Crippen LogP contribution in [-0.2, 0) is 11.3 Å². The molecule has 1 aromatic heterocycles. The van der Waals surface area contributed by atoms with E-state index in [1.807, 2.05) is 61.9 Å². The Morgan fingerprint density at radius 3 is 2.87 bits per heavy atom. The molecule has 0 radical (unpaired) electrons. The third-order valence-electron chi connectivity index (χ3n) is 4.25. The van der Waals surface area contributed by atoms with E-state index >= 15 is 0 Å². The molecular formula is C18H21N2O3+. The summed E-state index contributed by atoms with van der Waals surface area (Å²) in [5.41, 5.74) is 3.25. The molecule has 23 heavy (non-hydrogen) atoms. The summed E-state index contributed by atoms with van der Waals surface area (Å²) in [5.74, 6) is 1.47. The van der Waals surface area contributed by atoms with E-state index < -0.39 is 0 Å². The van der Waals surface area contributed by atoms with Gasteiger partial charge < -0.3 is 14.8 Å². The highest BCUT2D eigenvalue weighted by molar-refractivity contribution is 5.78. The van der Waals surface area contributed by atoms with Crippen molar-refractivity contribution in [2.75, 3.05) is 6.79 Å². The molecule has 0 saturated heterocycles. The highest BCUT2D eigenvalue weighted by Crippen LogP contribution is 2.32. The van der Waals surface area contributed by atoms with E-state index in [2.05, 4.69) is 5.32 Å². The topological polar surface area (TPSA) is 51.4 Å². The van der Waals surface area contributed by atoms with Crippen molar-refractivity contribution in [2.24, 2.45) is 0 Å². The summed E-state index contributed by atoms with van der Waals surface area (Å²) >= 11 is 0. The number of hydrogen-bond donors (Lipinski definition) is 1. The Kier molecular flexibility index (Phi) is 4.19. The molecule has 1 N–H and O–H groups in total. The quantitative estimate of drug-likeness (QED) is 0.881. The molecule has 0 bridgehead atoms.